The Hall–Kier alpha value is -1.72. The van der Waals surface area contributed by atoms with Crippen LogP contribution < -0.4 is 0 Å². The maximum Gasteiger partial charge on any atom is 0.254 e. The topological polar surface area (TPSA) is 42.4 Å². The van der Waals surface area contributed by atoms with Gasteiger partial charge in [-0.15, -0.1) is 11.3 Å². The third kappa shape index (κ3) is 3.37. The van der Waals surface area contributed by atoms with Gasteiger partial charge in [-0.1, -0.05) is 12.1 Å². The molecule has 1 aliphatic heterocycles. The molecule has 1 saturated carbocycles. The van der Waals surface area contributed by atoms with Crippen LogP contribution in [0.25, 0.3) is 10.6 Å². The van der Waals surface area contributed by atoms with Crippen LogP contribution in [-0.2, 0) is 4.74 Å². The lowest BCUT2D eigenvalue weighted by Crippen LogP contribution is -2.37. The molecule has 5 heteroatoms. The summed E-state index contributed by atoms with van der Waals surface area (Å²) in [5, 5.41) is 3.06. The Kier molecular flexibility index (Phi) is 4.37. The maximum atomic E-state index is 12.9. The number of carbonyl (C=O) groups is 1. The lowest BCUT2D eigenvalue weighted by atomic mass is 10.1. The number of aryl methyl sites for hydroxylation is 1. The predicted molar refractivity (Wildman–Crippen MR) is 95.3 cm³/mol. The highest BCUT2D eigenvalue weighted by atomic mass is 32.1. The van der Waals surface area contributed by atoms with Crippen LogP contribution in [0.1, 0.15) is 35.3 Å². The highest BCUT2D eigenvalue weighted by Crippen LogP contribution is 2.31. The fraction of sp³-hybridized carbons (Fsp3) is 0.474. The van der Waals surface area contributed by atoms with Crippen molar-refractivity contribution < 1.29 is 9.53 Å². The summed E-state index contributed by atoms with van der Waals surface area (Å²) in [7, 11) is 0. The number of hydrogen-bond donors (Lipinski definition) is 0. The Bertz CT molecular complexity index is 715. The van der Waals surface area contributed by atoms with E-state index in [9.17, 15) is 4.79 Å². The molecule has 0 radical (unpaired) electrons. The summed E-state index contributed by atoms with van der Waals surface area (Å²) >= 11 is 1.64. The SMILES string of the molecule is Cc1csc(-c2ccc(C(=O)N(C[C@@H]3CCOC3)C3CC3)cc2)n1. The third-order valence-corrected chi connectivity index (χ3v) is 5.73. The number of nitrogens with zero attached hydrogens (tertiary/aromatic N) is 2. The number of rotatable bonds is 5. The molecule has 24 heavy (non-hydrogen) atoms. The van der Waals surface area contributed by atoms with Gasteiger partial charge in [-0.2, -0.15) is 0 Å². The number of ether oxygens (including phenoxy) is 1. The molecule has 2 heterocycles. The second-order valence-corrected chi connectivity index (χ2v) is 7.65. The van der Waals surface area contributed by atoms with E-state index < -0.39 is 0 Å². The summed E-state index contributed by atoms with van der Waals surface area (Å²) in [5.74, 6) is 0.651. The molecule has 0 N–H and O–H groups in total. The first-order valence-corrected chi connectivity index (χ1v) is 9.50. The summed E-state index contributed by atoms with van der Waals surface area (Å²) in [4.78, 5) is 19.5. The van der Waals surface area contributed by atoms with E-state index in [4.69, 9.17) is 4.74 Å². The van der Waals surface area contributed by atoms with Crippen molar-refractivity contribution in [3.05, 3.63) is 40.9 Å². The van der Waals surface area contributed by atoms with Crippen molar-refractivity contribution in [2.24, 2.45) is 5.92 Å². The average molecular weight is 342 g/mol. The number of carbonyl (C=O) groups excluding carboxylic acids is 1. The van der Waals surface area contributed by atoms with E-state index in [1.54, 1.807) is 11.3 Å². The van der Waals surface area contributed by atoms with Crippen molar-refractivity contribution in [1.82, 2.24) is 9.88 Å². The molecule has 1 saturated heterocycles. The molecule has 126 valence electrons. The normalized spacial score (nSPS) is 20.3. The van der Waals surface area contributed by atoms with Gasteiger partial charge in [0.05, 0.1) is 6.61 Å². The van der Waals surface area contributed by atoms with Crippen molar-refractivity contribution in [2.75, 3.05) is 19.8 Å². The van der Waals surface area contributed by atoms with E-state index in [-0.39, 0.29) is 5.91 Å². The summed E-state index contributed by atoms with van der Waals surface area (Å²) in [6.07, 6.45) is 3.34. The van der Waals surface area contributed by atoms with Crippen LogP contribution in [0.5, 0.6) is 0 Å². The highest BCUT2D eigenvalue weighted by Gasteiger charge is 2.35. The Morgan fingerprint density at radius 2 is 2.08 bits per heavy atom. The first-order valence-electron chi connectivity index (χ1n) is 8.62. The zero-order valence-corrected chi connectivity index (χ0v) is 14.7. The molecule has 0 spiro atoms. The van der Waals surface area contributed by atoms with Gasteiger partial charge in [0.2, 0.25) is 0 Å². The molecule has 0 bridgehead atoms. The van der Waals surface area contributed by atoms with Gasteiger partial charge in [-0.3, -0.25) is 4.79 Å². The van der Waals surface area contributed by atoms with Crippen molar-refractivity contribution >= 4 is 17.2 Å². The number of thiazole rings is 1. The first-order chi connectivity index (χ1) is 11.7. The number of aromatic nitrogens is 1. The third-order valence-electron chi connectivity index (χ3n) is 4.73. The number of hydrogen-bond acceptors (Lipinski definition) is 4. The van der Waals surface area contributed by atoms with Gasteiger partial charge >= 0.3 is 0 Å². The molecule has 1 aliphatic carbocycles. The summed E-state index contributed by atoms with van der Waals surface area (Å²) < 4.78 is 5.47. The van der Waals surface area contributed by atoms with E-state index in [0.717, 1.165) is 60.8 Å². The quantitative estimate of drug-likeness (QED) is 0.831. The zero-order valence-electron chi connectivity index (χ0n) is 13.9. The van der Waals surface area contributed by atoms with Crippen LogP contribution in [0.4, 0.5) is 0 Å². The van der Waals surface area contributed by atoms with Crippen LogP contribution in [-0.4, -0.2) is 41.6 Å². The maximum absolute atomic E-state index is 12.9. The smallest absolute Gasteiger partial charge is 0.254 e. The molecule has 2 aliphatic rings. The monoisotopic (exact) mass is 342 g/mol. The largest absolute Gasteiger partial charge is 0.381 e. The van der Waals surface area contributed by atoms with Crippen molar-refractivity contribution in [3.8, 4) is 10.6 Å². The first kappa shape index (κ1) is 15.8. The fourth-order valence-electron chi connectivity index (χ4n) is 3.20. The van der Waals surface area contributed by atoms with Crippen molar-refractivity contribution in [3.63, 3.8) is 0 Å². The molecule has 2 aromatic rings. The highest BCUT2D eigenvalue weighted by molar-refractivity contribution is 7.13. The number of benzene rings is 1. The Balaban J connectivity index is 1.49. The Morgan fingerprint density at radius 3 is 2.67 bits per heavy atom. The molecular formula is C19H22N2O2S. The fourth-order valence-corrected chi connectivity index (χ4v) is 4.00. The minimum Gasteiger partial charge on any atom is -0.381 e. The van der Waals surface area contributed by atoms with E-state index >= 15 is 0 Å². The van der Waals surface area contributed by atoms with Gasteiger partial charge < -0.3 is 9.64 Å². The predicted octanol–water partition coefficient (Wildman–Crippen LogP) is 3.76. The van der Waals surface area contributed by atoms with Gasteiger partial charge in [0.25, 0.3) is 5.91 Å². The molecular weight excluding hydrogens is 320 g/mol. The Morgan fingerprint density at radius 1 is 1.29 bits per heavy atom. The molecule has 1 amide bonds. The molecule has 4 nitrogen and oxygen atoms in total. The molecule has 4 rings (SSSR count). The zero-order chi connectivity index (χ0) is 16.5. The molecule has 1 aromatic carbocycles. The second-order valence-electron chi connectivity index (χ2n) is 6.79. The van der Waals surface area contributed by atoms with E-state index in [2.05, 4.69) is 9.88 Å². The van der Waals surface area contributed by atoms with Crippen molar-refractivity contribution in [2.45, 2.75) is 32.2 Å². The van der Waals surface area contributed by atoms with Crippen LogP contribution in [0.3, 0.4) is 0 Å². The summed E-state index contributed by atoms with van der Waals surface area (Å²) in [6.45, 7) is 4.45. The standard InChI is InChI=1S/C19H22N2O2S/c1-13-12-24-18(20-13)15-2-4-16(5-3-15)19(22)21(17-6-7-17)10-14-8-9-23-11-14/h2-5,12,14,17H,6-11H2,1H3/t14-/m0/s1. The van der Waals surface area contributed by atoms with E-state index in [1.165, 1.54) is 0 Å². The van der Waals surface area contributed by atoms with Crippen molar-refractivity contribution in [1.29, 1.82) is 0 Å². The van der Waals surface area contributed by atoms with Gasteiger partial charge in [-0.05, 0) is 38.3 Å². The van der Waals surface area contributed by atoms with Gasteiger partial charge in [0.1, 0.15) is 5.01 Å². The minimum absolute atomic E-state index is 0.159. The van der Waals surface area contributed by atoms with E-state index in [1.807, 2.05) is 36.6 Å². The van der Waals surface area contributed by atoms with Crippen LogP contribution >= 0.6 is 11.3 Å². The van der Waals surface area contributed by atoms with Gasteiger partial charge in [0.15, 0.2) is 0 Å². The van der Waals surface area contributed by atoms with Crippen LogP contribution in [0.2, 0.25) is 0 Å². The lowest BCUT2D eigenvalue weighted by Gasteiger charge is -2.25. The average Bonchev–Trinajstić information content (AvgIpc) is 3.13. The summed E-state index contributed by atoms with van der Waals surface area (Å²) in [6, 6.07) is 8.33. The number of amides is 1. The molecule has 2 fully saturated rings. The lowest BCUT2D eigenvalue weighted by molar-refractivity contribution is 0.0706. The Labute approximate surface area is 146 Å². The molecule has 1 aromatic heterocycles. The van der Waals surface area contributed by atoms with Crippen LogP contribution in [0, 0.1) is 12.8 Å². The van der Waals surface area contributed by atoms with Gasteiger partial charge in [0, 0.05) is 47.3 Å². The van der Waals surface area contributed by atoms with Crippen LogP contribution in [0.15, 0.2) is 29.6 Å². The molecule has 0 unspecified atom stereocenters. The molecule has 1 atom stereocenters. The summed E-state index contributed by atoms with van der Waals surface area (Å²) in [5.41, 5.74) is 2.89. The second kappa shape index (κ2) is 6.65. The van der Waals surface area contributed by atoms with Gasteiger partial charge in [-0.25, -0.2) is 4.98 Å². The minimum atomic E-state index is 0.159. The van der Waals surface area contributed by atoms with E-state index in [0.29, 0.717) is 12.0 Å².